The van der Waals surface area contributed by atoms with Gasteiger partial charge in [-0.05, 0) is 24.8 Å². The van der Waals surface area contributed by atoms with Gasteiger partial charge in [0.1, 0.15) is 5.15 Å². The van der Waals surface area contributed by atoms with Crippen LogP contribution in [0.1, 0.15) is 12.8 Å². The van der Waals surface area contributed by atoms with Crippen molar-refractivity contribution >= 4 is 27.6 Å². The van der Waals surface area contributed by atoms with Crippen LogP contribution in [0, 0.1) is 5.92 Å². The molecule has 1 N–H and O–H groups in total. The molecule has 15 heavy (non-hydrogen) atoms. The lowest BCUT2D eigenvalue weighted by atomic mass is 10.5. The van der Waals surface area contributed by atoms with Crippen LogP contribution >= 0.6 is 11.6 Å². The Morgan fingerprint density at radius 3 is 2.87 bits per heavy atom. The summed E-state index contributed by atoms with van der Waals surface area (Å²) in [5.74, 6) is 0.466. The van der Waals surface area contributed by atoms with Crippen molar-refractivity contribution in [1.29, 1.82) is 0 Å². The maximum atomic E-state index is 11.5. The third-order valence-corrected chi connectivity index (χ3v) is 3.63. The molecule has 0 aromatic carbocycles. The van der Waals surface area contributed by atoms with Crippen LogP contribution in [0.5, 0.6) is 0 Å². The van der Waals surface area contributed by atoms with Crippen molar-refractivity contribution in [2.45, 2.75) is 12.8 Å². The van der Waals surface area contributed by atoms with E-state index in [0.717, 1.165) is 12.8 Å². The number of hydrogen-bond donors (Lipinski definition) is 1. The maximum absolute atomic E-state index is 11.5. The van der Waals surface area contributed by atoms with Gasteiger partial charge in [0, 0.05) is 6.20 Å². The van der Waals surface area contributed by atoms with Gasteiger partial charge in [0.05, 0.1) is 5.75 Å². The number of aromatic nitrogens is 2. The summed E-state index contributed by atoms with van der Waals surface area (Å²) in [6.07, 6.45) is 3.37. The molecule has 0 radical (unpaired) electrons. The number of nitrogens with one attached hydrogen (secondary N) is 1. The van der Waals surface area contributed by atoms with E-state index in [-0.39, 0.29) is 16.9 Å². The van der Waals surface area contributed by atoms with E-state index in [1.807, 2.05) is 0 Å². The first-order chi connectivity index (χ1) is 7.05. The van der Waals surface area contributed by atoms with Gasteiger partial charge in [-0.25, -0.2) is 18.4 Å². The number of rotatable bonds is 4. The van der Waals surface area contributed by atoms with Crippen molar-refractivity contribution < 1.29 is 8.42 Å². The highest BCUT2D eigenvalue weighted by Gasteiger charge is 2.28. The summed E-state index contributed by atoms with van der Waals surface area (Å²) in [5, 5.41) is 0.217. The van der Waals surface area contributed by atoms with Crippen LogP contribution < -0.4 is 4.72 Å². The molecule has 1 aromatic rings. The number of hydrogen-bond acceptors (Lipinski definition) is 4. The monoisotopic (exact) mass is 247 g/mol. The Kier molecular flexibility index (Phi) is 2.79. The van der Waals surface area contributed by atoms with Crippen molar-refractivity contribution in [3.05, 3.63) is 17.4 Å². The van der Waals surface area contributed by atoms with Gasteiger partial charge < -0.3 is 0 Å². The number of anilines is 1. The summed E-state index contributed by atoms with van der Waals surface area (Å²) >= 11 is 5.61. The lowest BCUT2D eigenvalue weighted by Gasteiger charge is -2.04. The first kappa shape index (κ1) is 10.6. The largest absolute Gasteiger partial charge is 0.251 e. The molecule has 0 amide bonds. The Morgan fingerprint density at radius 1 is 1.53 bits per heavy atom. The highest BCUT2D eigenvalue weighted by atomic mass is 35.5. The Morgan fingerprint density at radius 2 is 2.27 bits per heavy atom. The molecule has 0 spiro atoms. The van der Waals surface area contributed by atoms with Crippen LogP contribution in [0.25, 0.3) is 0 Å². The minimum absolute atomic E-state index is 0.0307. The normalized spacial score (nSPS) is 16.3. The zero-order chi connectivity index (χ0) is 10.9. The fourth-order valence-corrected chi connectivity index (χ4v) is 2.71. The number of halogens is 1. The molecule has 0 saturated heterocycles. The quantitative estimate of drug-likeness (QED) is 0.814. The molecule has 7 heteroatoms. The molecular weight excluding hydrogens is 238 g/mol. The summed E-state index contributed by atoms with van der Waals surface area (Å²) in [6, 6.07) is 1.49. The predicted molar refractivity (Wildman–Crippen MR) is 57.2 cm³/mol. The molecular formula is C8H10ClN3O2S. The molecule has 0 aliphatic heterocycles. The number of nitrogens with zero attached hydrogens (tertiary/aromatic N) is 2. The molecule has 0 atom stereocenters. The topological polar surface area (TPSA) is 72.0 Å². The van der Waals surface area contributed by atoms with Crippen LogP contribution in [0.15, 0.2) is 12.3 Å². The van der Waals surface area contributed by atoms with Crippen molar-refractivity contribution in [3.63, 3.8) is 0 Å². The van der Waals surface area contributed by atoms with Gasteiger partial charge in [-0.3, -0.25) is 4.72 Å². The van der Waals surface area contributed by atoms with Gasteiger partial charge in [-0.15, -0.1) is 0 Å². The zero-order valence-electron chi connectivity index (χ0n) is 7.85. The van der Waals surface area contributed by atoms with Crippen molar-refractivity contribution in [2.75, 3.05) is 10.5 Å². The van der Waals surface area contributed by atoms with E-state index in [2.05, 4.69) is 14.7 Å². The Labute approximate surface area is 92.9 Å². The fraction of sp³-hybridized carbons (Fsp3) is 0.500. The lowest BCUT2D eigenvalue weighted by Crippen LogP contribution is -2.19. The van der Waals surface area contributed by atoms with Gasteiger partial charge in [0.2, 0.25) is 16.0 Å². The van der Waals surface area contributed by atoms with Crippen LogP contribution in [-0.4, -0.2) is 24.1 Å². The molecule has 1 aromatic heterocycles. The zero-order valence-corrected chi connectivity index (χ0v) is 9.42. The van der Waals surface area contributed by atoms with Crippen LogP contribution in [0.3, 0.4) is 0 Å². The van der Waals surface area contributed by atoms with Gasteiger partial charge in [0.25, 0.3) is 0 Å². The summed E-state index contributed by atoms with van der Waals surface area (Å²) in [4.78, 5) is 7.52. The van der Waals surface area contributed by atoms with E-state index in [1.54, 1.807) is 0 Å². The minimum Gasteiger partial charge on any atom is -0.251 e. The predicted octanol–water partition coefficient (Wildman–Crippen LogP) is 1.28. The first-order valence-corrected chi connectivity index (χ1v) is 6.57. The fourth-order valence-electron chi connectivity index (χ4n) is 1.16. The van der Waals surface area contributed by atoms with Gasteiger partial charge in [0.15, 0.2) is 0 Å². The molecule has 2 rings (SSSR count). The maximum Gasteiger partial charge on any atom is 0.237 e. The molecule has 0 unspecified atom stereocenters. The molecule has 1 heterocycles. The Hall–Kier alpha value is -0.880. The van der Waals surface area contributed by atoms with E-state index >= 15 is 0 Å². The van der Waals surface area contributed by atoms with E-state index in [4.69, 9.17) is 11.6 Å². The van der Waals surface area contributed by atoms with Gasteiger partial charge >= 0.3 is 0 Å². The van der Waals surface area contributed by atoms with Crippen molar-refractivity contribution in [1.82, 2.24) is 9.97 Å². The molecule has 1 aliphatic carbocycles. The van der Waals surface area contributed by atoms with Crippen molar-refractivity contribution in [2.24, 2.45) is 5.92 Å². The van der Waals surface area contributed by atoms with Crippen LogP contribution in [0.2, 0.25) is 5.15 Å². The van der Waals surface area contributed by atoms with E-state index in [9.17, 15) is 8.42 Å². The van der Waals surface area contributed by atoms with Crippen LogP contribution in [-0.2, 0) is 10.0 Å². The molecule has 0 bridgehead atoms. The SMILES string of the molecule is O=S(=O)(CC1CC1)Nc1nccc(Cl)n1. The van der Waals surface area contributed by atoms with E-state index in [0.29, 0.717) is 5.92 Å². The second-order valence-corrected chi connectivity index (χ2v) is 5.68. The first-order valence-electron chi connectivity index (χ1n) is 4.54. The lowest BCUT2D eigenvalue weighted by molar-refractivity contribution is 0.597. The summed E-state index contributed by atoms with van der Waals surface area (Å²) in [7, 11) is -3.32. The highest BCUT2D eigenvalue weighted by molar-refractivity contribution is 7.92. The van der Waals surface area contributed by atoms with Crippen molar-refractivity contribution in [3.8, 4) is 0 Å². The van der Waals surface area contributed by atoms with E-state index in [1.165, 1.54) is 12.3 Å². The smallest absolute Gasteiger partial charge is 0.237 e. The summed E-state index contributed by atoms with van der Waals surface area (Å²) in [5.41, 5.74) is 0. The van der Waals surface area contributed by atoms with Gasteiger partial charge in [-0.1, -0.05) is 11.6 Å². The summed E-state index contributed by atoms with van der Waals surface area (Å²) < 4.78 is 25.4. The molecule has 1 fully saturated rings. The Bertz CT molecular complexity index is 459. The molecule has 82 valence electrons. The highest BCUT2D eigenvalue weighted by Crippen LogP contribution is 2.30. The minimum atomic E-state index is -3.32. The second kappa shape index (κ2) is 3.94. The van der Waals surface area contributed by atoms with Crippen LogP contribution in [0.4, 0.5) is 5.95 Å². The third kappa shape index (κ3) is 3.32. The molecule has 1 saturated carbocycles. The van der Waals surface area contributed by atoms with Gasteiger partial charge in [-0.2, -0.15) is 0 Å². The average molecular weight is 248 g/mol. The number of sulfonamides is 1. The second-order valence-electron chi connectivity index (χ2n) is 3.53. The standard InChI is InChI=1S/C8H10ClN3O2S/c9-7-3-4-10-8(11-7)12-15(13,14)5-6-1-2-6/h3-4,6H,1-2,5H2,(H,10,11,12). The Balaban J connectivity index is 2.06. The average Bonchev–Trinajstić information content (AvgIpc) is 2.86. The summed E-state index contributed by atoms with van der Waals surface area (Å²) in [6.45, 7) is 0. The third-order valence-electron chi connectivity index (χ3n) is 2.02. The van der Waals surface area contributed by atoms with E-state index < -0.39 is 10.0 Å². The molecule has 1 aliphatic rings. The molecule has 5 nitrogen and oxygen atoms in total.